The average Bonchev–Trinajstić information content (AvgIpc) is 3.44. The highest BCUT2D eigenvalue weighted by Gasteiger charge is 2.17. The average molecular weight is 456 g/mol. The van der Waals surface area contributed by atoms with Gasteiger partial charge >= 0.3 is 12.0 Å². The summed E-state index contributed by atoms with van der Waals surface area (Å²) >= 11 is 1.32. The Labute approximate surface area is 189 Å². The number of amides is 2. The van der Waals surface area contributed by atoms with Gasteiger partial charge in [-0.05, 0) is 43.9 Å². The van der Waals surface area contributed by atoms with Crippen molar-refractivity contribution in [3.8, 4) is 0 Å². The van der Waals surface area contributed by atoms with Crippen LogP contribution in [-0.2, 0) is 6.54 Å². The van der Waals surface area contributed by atoms with Crippen molar-refractivity contribution in [2.45, 2.75) is 32.7 Å². The van der Waals surface area contributed by atoms with Gasteiger partial charge in [-0.1, -0.05) is 17.4 Å². The summed E-state index contributed by atoms with van der Waals surface area (Å²) in [5.41, 5.74) is 2.99. The number of nitrogens with one attached hydrogen (secondary N) is 4. The van der Waals surface area contributed by atoms with E-state index in [1.807, 2.05) is 19.1 Å². The van der Waals surface area contributed by atoms with Gasteiger partial charge < -0.3 is 25.6 Å². The van der Waals surface area contributed by atoms with E-state index in [0.29, 0.717) is 17.6 Å². The number of carbonyl (C=O) groups is 2. The van der Waals surface area contributed by atoms with Crippen LogP contribution >= 0.6 is 11.3 Å². The van der Waals surface area contributed by atoms with Gasteiger partial charge in [0.2, 0.25) is 5.95 Å². The number of rotatable bonds is 7. The number of carboxylic acids is 1. The highest BCUT2D eigenvalue weighted by molar-refractivity contribution is 7.15. The number of urea groups is 1. The van der Waals surface area contributed by atoms with E-state index in [-0.39, 0.29) is 11.7 Å². The number of H-pyrrole nitrogens is 1. The number of aromatic carboxylic acids is 1. The molecule has 2 aromatic heterocycles. The monoisotopic (exact) mass is 455 g/mol. The Morgan fingerprint density at radius 2 is 1.97 bits per heavy atom. The van der Waals surface area contributed by atoms with Gasteiger partial charge in [0.15, 0.2) is 5.13 Å². The van der Waals surface area contributed by atoms with E-state index in [1.165, 1.54) is 24.0 Å². The van der Waals surface area contributed by atoms with E-state index < -0.39 is 5.97 Å². The predicted octanol–water partition coefficient (Wildman–Crippen LogP) is 4.12. The number of imidazole rings is 1. The molecule has 32 heavy (non-hydrogen) atoms. The van der Waals surface area contributed by atoms with Crippen molar-refractivity contribution in [2.75, 3.05) is 33.9 Å². The van der Waals surface area contributed by atoms with Crippen molar-refractivity contribution in [3.63, 3.8) is 0 Å². The van der Waals surface area contributed by atoms with Crippen molar-refractivity contribution in [2.24, 2.45) is 0 Å². The van der Waals surface area contributed by atoms with E-state index in [9.17, 15) is 9.59 Å². The fraction of sp³-hybridized carbons (Fsp3) is 0.333. The maximum atomic E-state index is 12.6. The quantitative estimate of drug-likeness (QED) is 0.362. The topological polar surface area (TPSA) is 135 Å². The van der Waals surface area contributed by atoms with Gasteiger partial charge in [-0.2, -0.15) is 0 Å². The summed E-state index contributed by atoms with van der Waals surface area (Å²) in [5, 5.41) is 18.1. The second kappa shape index (κ2) is 9.69. The van der Waals surface area contributed by atoms with Crippen LogP contribution in [0.1, 0.15) is 40.2 Å². The molecule has 10 nitrogen and oxygen atoms in total. The molecule has 4 rings (SSSR count). The number of nitrogens with zero attached hydrogens (tertiary/aromatic N) is 3. The number of hydrogen-bond donors (Lipinski definition) is 5. The number of hydrogen-bond acceptors (Lipinski definition) is 7. The number of piperidine rings is 1. The molecular weight excluding hydrogens is 430 g/mol. The molecule has 168 valence electrons. The minimum atomic E-state index is -1.07. The minimum Gasteiger partial charge on any atom is -0.477 e. The lowest BCUT2D eigenvalue weighted by molar-refractivity contribution is 0.0691. The molecule has 1 aliphatic heterocycles. The smallest absolute Gasteiger partial charge is 0.354 e. The van der Waals surface area contributed by atoms with E-state index in [2.05, 4.69) is 41.9 Å². The number of aromatic amines is 1. The van der Waals surface area contributed by atoms with E-state index >= 15 is 0 Å². The third-order valence-electron chi connectivity index (χ3n) is 5.11. The number of thiazole rings is 1. The highest BCUT2D eigenvalue weighted by atomic mass is 32.1. The van der Waals surface area contributed by atoms with Crippen LogP contribution in [0.2, 0.25) is 0 Å². The second-order valence-corrected chi connectivity index (χ2v) is 8.70. The molecule has 1 saturated heterocycles. The Hall–Kier alpha value is -3.60. The zero-order valence-corrected chi connectivity index (χ0v) is 18.5. The predicted molar refractivity (Wildman–Crippen MR) is 125 cm³/mol. The summed E-state index contributed by atoms with van der Waals surface area (Å²) in [4.78, 5) is 37.5. The lowest BCUT2D eigenvalue weighted by Crippen LogP contribution is -2.31. The molecule has 0 spiro atoms. The van der Waals surface area contributed by atoms with E-state index in [4.69, 9.17) is 5.11 Å². The van der Waals surface area contributed by atoms with Crippen molar-refractivity contribution in [1.82, 2.24) is 15.0 Å². The van der Waals surface area contributed by atoms with Gasteiger partial charge in [0.25, 0.3) is 0 Å². The van der Waals surface area contributed by atoms with Gasteiger partial charge in [-0.15, -0.1) is 0 Å². The maximum Gasteiger partial charge on any atom is 0.354 e. The summed E-state index contributed by atoms with van der Waals surface area (Å²) in [7, 11) is 0. The normalized spacial score (nSPS) is 13.6. The third kappa shape index (κ3) is 5.35. The van der Waals surface area contributed by atoms with Crippen LogP contribution in [0.3, 0.4) is 0 Å². The van der Waals surface area contributed by atoms with Gasteiger partial charge in [0.1, 0.15) is 5.69 Å². The molecule has 3 aromatic rings. The third-order valence-corrected chi connectivity index (χ3v) is 6.02. The molecule has 0 bridgehead atoms. The van der Waals surface area contributed by atoms with Crippen LogP contribution in [0.15, 0.2) is 30.6 Å². The molecule has 5 N–H and O–H groups in total. The SMILES string of the molecule is Cc1ccc(NC(=O)Nc2ncc(CNc3ncc(C(=O)O)[nH]3)s2)c(N2CCCCC2)c1. The first-order valence-electron chi connectivity index (χ1n) is 10.4. The van der Waals surface area contributed by atoms with E-state index in [0.717, 1.165) is 47.7 Å². The summed E-state index contributed by atoms with van der Waals surface area (Å²) in [6, 6.07) is 5.68. The lowest BCUT2D eigenvalue weighted by atomic mass is 10.1. The molecule has 0 atom stereocenters. The van der Waals surface area contributed by atoms with E-state index in [1.54, 1.807) is 6.20 Å². The first kappa shape index (κ1) is 21.6. The van der Waals surface area contributed by atoms with Gasteiger partial charge in [-0.25, -0.2) is 19.6 Å². The minimum absolute atomic E-state index is 0.0101. The van der Waals surface area contributed by atoms with Crippen molar-refractivity contribution >= 4 is 45.8 Å². The Bertz CT molecular complexity index is 1100. The number of carbonyl (C=O) groups excluding carboxylic acids is 1. The molecule has 1 aliphatic rings. The number of aryl methyl sites for hydroxylation is 1. The summed E-state index contributed by atoms with van der Waals surface area (Å²) < 4.78 is 0. The molecule has 0 radical (unpaired) electrons. The fourth-order valence-corrected chi connectivity index (χ4v) is 4.28. The fourth-order valence-electron chi connectivity index (χ4n) is 3.53. The first-order chi connectivity index (χ1) is 15.5. The molecular formula is C21H25N7O3S. The van der Waals surface area contributed by atoms with Crippen LogP contribution in [0.4, 0.5) is 27.2 Å². The van der Waals surface area contributed by atoms with Gasteiger partial charge in [0, 0.05) is 24.2 Å². The summed E-state index contributed by atoms with van der Waals surface area (Å²) in [6.45, 7) is 4.43. The maximum absolute atomic E-state index is 12.6. The Morgan fingerprint density at radius 3 is 2.72 bits per heavy atom. The first-order valence-corrected chi connectivity index (χ1v) is 11.2. The highest BCUT2D eigenvalue weighted by Crippen LogP contribution is 2.30. The summed E-state index contributed by atoms with van der Waals surface area (Å²) in [5.74, 6) is -0.717. The van der Waals surface area contributed by atoms with Crippen molar-refractivity contribution in [3.05, 3.63) is 46.7 Å². The zero-order chi connectivity index (χ0) is 22.5. The molecule has 0 aliphatic carbocycles. The molecule has 1 aromatic carbocycles. The second-order valence-electron chi connectivity index (χ2n) is 7.58. The molecule has 1 fully saturated rings. The van der Waals surface area contributed by atoms with Crippen LogP contribution in [-0.4, -0.2) is 45.1 Å². The Morgan fingerprint density at radius 1 is 1.16 bits per heavy atom. The van der Waals surface area contributed by atoms with Crippen LogP contribution in [0, 0.1) is 6.92 Å². The summed E-state index contributed by atoms with van der Waals surface area (Å²) in [6.07, 6.45) is 6.46. The zero-order valence-electron chi connectivity index (χ0n) is 17.6. The van der Waals surface area contributed by atoms with Gasteiger partial charge in [-0.3, -0.25) is 5.32 Å². The van der Waals surface area contributed by atoms with Crippen LogP contribution in [0.5, 0.6) is 0 Å². The molecule has 0 saturated carbocycles. The van der Waals surface area contributed by atoms with Crippen molar-refractivity contribution < 1.29 is 14.7 Å². The Balaban J connectivity index is 1.35. The largest absolute Gasteiger partial charge is 0.477 e. The molecule has 0 unspecified atom stereocenters. The molecule has 3 heterocycles. The van der Waals surface area contributed by atoms with Crippen molar-refractivity contribution in [1.29, 1.82) is 0 Å². The van der Waals surface area contributed by atoms with Crippen LogP contribution < -0.4 is 20.9 Å². The number of anilines is 4. The van der Waals surface area contributed by atoms with Gasteiger partial charge in [0.05, 0.1) is 24.1 Å². The number of carboxylic acid groups (broad SMARTS) is 1. The molecule has 2 amide bonds. The lowest BCUT2D eigenvalue weighted by Gasteiger charge is -2.30. The molecule has 11 heteroatoms. The number of benzene rings is 1. The number of aromatic nitrogens is 3. The standard InChI is InChI=1S/C21H25N7O3S/c1-13-5-6-15(17(9-13)28-7-3-2-4-8-28)26-20(31)27-21-24-11-14(32-21)10-22-19-23-12-16(25-19)18(29)30/h5-6,9,11-12H,2-4,7-8,10H2,1H3,(H,29,30)(H2,22,23,25)(H2,24,26,27,31). The van der Waals surface area contributed by atoms with Crippen LogP contribution in [0.25, 0.3) is 0 Å². The Kier molecular flexibility index (Phi) is 6.55.